The van der Waals surface area contributed by atoms with E-state index in [9.17, 15) is 22.0 Å². The fourth-order valence-corrected chi connectivity index (χ4v) is 2.28. The zero-order valence-electron chi connectivity index (χ0n) is 7.45. The van der Waals surface area contributed by atoms with Crippen LogP contribution in [0.1, 0.15) is 23.2 Å². The molecule has 8 heteroatoms. The fourth-order valence-electron chi connectivity index (χ4n) is 1.08. The van der Waals surface area contributed by atoms with Gasteiger partial charge in [0.2, 0.25) is 0 Å². The van der Waals surface area contributed by atoms with Crippen LogP contribution < -0.4 is 0 Å². The zero-order chi connectivity index (χ0) is 12.5. The Morgan fingerprint density at radius 2 is 1.88 bits per heavy atom. The smallest absolute Gasteiger partial charge is 0.250 e. The molecule has 0 saturated carbocycles. The number of hydrogen-bond acceptors (Lipinski definition) is 1. The van der Waals surface area contributed by atoms with Crippen LogP contribution >= 0.6 is 31.9 Å². The molecule has 0 amide bonds. The highest BCUT2D eigenvalue weighted by Gasteiger charge is 2.37. The Bertz CT molecular complexity index is 391. The normalized spacial score (nSPS) is 12.2. The van der Waals surface area contributed by atoms with Crippen molar-refractivity contribution in [3.63, 3.8) is 0 Å². The van der Waals surface area contributed by atoms with Gasteiger partial charge in [0, 0.05) is 17.1 Å². The summed E-state index contributed by atoms with van der Waals surface area (Å²) in [5.74, 6) is 0. The Hall–Kier alpha value is -0.240. The minimum absolute atomic E-state index is 0.0103. The molecule has 0 radical (unpaired) electrons. The van der Waals surface area contributed by atoms with Crippen molar-refractivity contribution in [2.24, 2.45) is 0 Å². The molecule has 0 bridgehead atoms. The number of nitrogens with zero attached hydrogens (tertiary/aromatic N) is 1. The van der Waals surface area contributed by atoms with E-state index in [1.165, 1.54) is 0 Å². The first-order chi connectivity index (χ1) is 7.29. The van der Waals surface area contributed by atoms with E-state index in [-0.39, 0.29) is 10.9 Å². The second-order valence-corrected chi connectivity index (χ2v) is 4.15. The van der Waals surface area contributed by atoms with Gasteiger partial charge < -0.3 is 0 Å². The van der Waals surface area contributed by atoms with Crippen molar-refractivity contribution >= 4 is 31.9 Å². The van der Waals surface area contributed by atoms with Gasteiger partial charge in [0.1, 0.15) is 0 Å². The molecule has 16 heavy (non-hydrogen) atoms. The Labute approximate surface area is 104 Å². The third kappa shape index (κ3) is 2.71. The van der Waals surface area contributed by atoms with Crippen LogP contribution in [0.2, 0.25) is 0 Å². The Balaban J connectivity index is 3.44. The van der Waals surface area contributed by atoms with Gasteiger partial charge in [-0.3, -0.25) is 4.98 Å². The number of hydrogen-bond donors (Lipinski definition) is 0. The van der Waals surface area contributed by atoms with Gasteiger partial charge in [-0.25, -0.2) is 8.78 Å². The van der Waals surface area contributed by atoms with Crippen molar-refractivity contribution < 1.29 is 22.0 Å². The average Bonchev–Trinajstić information content (AvgIpc) is 2.14. The largest absolute Gasteiger partial charge is 0.434 e. The zero-order valence-corrected chi connectivity index (χ0v) is 10.6. The molecular formula is C8H4Br2F5N. The predicted molar refractivity (Wildman–Crippen MR) is 54.5 cm³/mol. The Kier molecular flexibility index (Phi) is 4.28. The molecule has 0 aliphatic rings. The lowest BCUT2D eigenvalue weighted by atomic mass is 10.1. The van der Waals surface area contributed by atoms with E-state index in [1.54, 1.807) is 0 Å². The van der Waals surface area contributed by atoms with Crippen LogP contribution in [-0.2, 0) is 11.5 Å². The second kappa shape index (κ2) is 4.95. The molecule has 0 saturated heterocycles. The third-order valence-corrected chi connectivity index (χ3v) is 3.18. The summed E-state index contributed by atoms with van der Waals surface area (Å²) in [5, 5.41) is 0.0103. The summed E-state index contributed by atoms with van der Waals surface area (Å²) in [6, 6.07) is 0. The average molecular weight is 369 g/mol. The lowest BCUT2D eigenvalue weighted by molar-refractivity contribution is -0.142. The summed E-state index contributed by atoms with van der Waals surface area (Å²) in [6.07, 6.45) is -6.96. The number of halogens is 7. The van der Waals surface area contributed by atoms with Crippen molar-refractivity contribution in [1.82, 2.24) is 4.98 Å². The van der Waals surface area contributed by atoms with E-state index >= 15 is 0 Å². The molecule has 0 fully saturated rings. The molecule has 0 unspecified atom stereocenters. The van der Waals surface area contributed by atoms with Crippen LogP contribution in [0.3, 0.4) is 0 Å². The van der Waals surface area contributed by atoms with Crippen LogP contribution in [0.5, 0.6) is 0 Å². The molecule has 0 spiro atoms. The van der Waals surface area contributed by atoms with E-state index in [1.807, 2.05) is 0 Å². The molecule has 1 aromatic heterocycles. The summed E-state index contributed by atoms with van der Waals surface area (Å²) in [4.78, 5) is 3.13. The van der Waals surface area contributed by atoms with E-state index in [2.05, 4.69) is 36.8 Å². The topological polar surface area (TPSA) is 12.9 Å². The predicted octanol–water partition coefficient (Wildman–Crippen LogP) is 4.70. The van der Waals surface area contributed by atoms with Crippen LogP contribution in [0, 0.1) is 0 Å². The SMILES string of the molecule is FC(F)c1c(CBr)cnc(C(F)(F)F)c1Br. The maximum Gasteiger partial charge on any atom is 0.434 e. The van der Waals surface area contributed by atoms with Gasteiger partial charge in [0.05, 0.1) is 4.47 Å². The number of aromatic nitrogens is 1. The second-order valence-electron chi connectivity index (χ2n) is 2.79. The maximum absolute atomic E-state index is 12.6. The summed E-state index contributed by atoms with van der Waals surface area (Å²) in [6.45, 7) is 0. The molecule has 0 N–H and O–H groups in total. The number of rotatable bonds is 2. The van der Waals surface area contributed by atoms with Crippen molar-refractivity contribution in [2.75, 3.05) is 0 Å². The minimum Gasteiger partial charge on any atom is -0.250 e. The standard InChI is InChI=1S/C8H4Br2F5N/c9-1-3-2-16-6(8(13,14)15)5(10)4(3)7(11)12/h2,7H,1H2. The van der Waals surface area contributed by atoms with Gasteiger partial charge in [0.15, 0.2) is 5.69 Å². The Morgan fingerprint density at radius 3 is 2.25 bits per heavy atom. The van der Waals surface area contributed by atoms with Crippen molar-refractivity contribution in [1.29, 1.82) is 0 Å². The quantitative estimate of drug-likeness (QED) is 0.545. The highest BCUT2D eigenvalue weighted by atomic mass is 79.9. The summed E-state index contributed by atoms with van der Waals surface area (Å²) in [5.41, 5.74) is -2.00. The molecule has 0 aliphatic carbocycles. The molecule has 1 aromatic rings. The van der Waals surface area contributed by atoms with Gasteiger partial charge in [-0.05, 0) is 21.5 Å². The lowest BCUT2D eigenvalue weighted by Gasteiger charge is -2.14. The summed E-state index contributed by atoms with van der Waals surface area (Å²) >= 11 is 5.44. The highest BCUT2D eigenvalue weighted by Crippen LogP contribution is 2.39. The van der Waals surface area contributed by atoms with Crippen molar-refractivity contribution in [2.45, 2.75) is 17.9 Å². The maximum atomic E-state index is 12.6. The molecule has 0 aliphatic heterocycles. The lowest BCUT2D eigenvalue weighted by Crippen LogP contribution is -2.12. The molecule has 1 nitrogen and oxygen atoms in total. The van der Waals surface area contributed by atoms with Crippen LogP contribution in [0.15, 0.2) is 10.7 Å². The number of pyridine rings is 1. The van der Waals surface area contributed by atoms with E-state index in [4.69, 9.17) is 0 Å². The van der Waals surface area contributed by atoms with Crippen LogP contribution in [0.4, 0.5) is 22.0 Å². The van der Waals surface area contributed by atoms with Gasteiger partial charge >= 0.3 is 6.18 Å². The fraction of sp³-hybridized carbons (Fsp3) is 0.375. The van der Waals surface area contributed by atoms with Crippen molar-refractivity contribution in [3.05, 3.63) is 27.5 Å². The summed E-state index contributed by atoms with van der Waals surface area (Å²) < 4.78 is 61.6. The number of alkyl halides is 6. The Morgan fingerprint density at radius 1 is 1.31 bits per heavy atom. The van der Waals surface area contributed by atoms with Crippen LogP contribution in [-0.4, -0.2) is 4.98 Å². The minimum atomic E-state index is -4.76. The first-order valence-corrected chi connectivity index (χ1v) is 5.79. The van der Waals surface area contributed by atoms with Crippen LogP contribution in [0.25, 0.3) is 0 Å². The first-order valence-electron chi connectivity index (χ1n) is 3.87. The summed E-state index contributed by atoms with van der Waals surface area (Å²) in [7, 11) is 0. The molecular weight excluding hydrogens is 365 g/mol. The van der Waals surface area contributed by atoms with Gasteiger partial charge in [-0.1, -0.05) is 15.9 Å². The molecule has 1 heterocycles. The molecule has 1 rings (SSSR count). The van der Waals surface area contributed by atoms with Gasteiger partial charge in [0.25, 0.3) is 6.43 Å². The van der Waals surface area contributed by atoms with Gasteiger partial charge in [-0.2, -0.15) is 13.2 Å². The first kappa shape index (κ1) is 13.8. The third-order valence-electron chi connectivity index (χ3n) is 1.77. The molecule has 0 atom stereocenters. The molecule has 0 aromatic carbocycles. The highest BCUT2D eigenvalue weighted by molar-refractivity contribution is 9.10. The van der Waals surface area contributed by atoms with E-state index in [0.29, 0.717) is 0 Å². The van der Waals surface area contributed by atoms with E-state index in [0.717, 1.165) is 6.20 Å². The van der Waals surface area contributed by atoms with Gasteiger partial charge in [-0.15, -0.1) is 0 Å². The monoisotopic (exact) mass is 367 g/mol. The van der Waals surface area contributed by atoms with E-state index < -0.39 is 28.3 Å². The molecule has 90 valence electrons. The van der Waals surface area contributed by atoms with Crippen molar-refractivity contribution in [3.8, 4) is 0 Å².